The van der Waals surface area contributed by atoms with Crippen molar-refractivity contribution in [2.75, 3.05) is 18.5 Å². The molecule has 0 saturated carbocycles. The lowest BCUT2D eigenvalue weighted by Gasteiger charge is -2.18. The zero-order chi connectivity index (χ0) is 20.0. The van der Waals surface area contributed by atoms with Gasteiger partial charge in [-0.3, -0.25) is 20.5 Å². The smallest absolute Gasteiger partial charge is 0.271 e. The van der Waals surface area contributed by atoms with E-state index in [1.807, 2.05) is 0 Å². The number of nitro groups is 1. The van der Waals surface area contributed by atoms with Gasteiger partial charge < -0.3 is 0 Å². The maximum atomic E-state index is 12.6. The molecule has 0 aliphatic heterocycles. The fourth-order valence-electron chi connectivity index (χ4n) is 2.41. The summed E-state index contributed by atoms with van der Waals surface area (Å²) in [5.41, 5.74) is 3.49. The summed E-state index contributed by atoms with van der Waals surface area (Å²) in [4.78, 5) is 14.8. The maximum absolute atomic E-state index is 12.6. The monoisotopic (exact) mass is 391 g/mol. The standard InChI is InChI=1S/C17H21N5O4S/c1-4-21(5-2)27(25,26)14-9-10-16(17(12-14)22(23)24)20-19-13(3)15-8-6-7-11-18-15/h6-12,20H,4-5H2,1-3H3/b19-13-. The van der Waals surface area contributed by atoms with E-state index in [-0.39, 0.29) is 29.4 Å². The van der Waals surface area contributed by atoms with Crippen molar-refractivity contribution in [3.63, 3.8) is 0 Å². The number of hydrogen-bond donors (Lipinski definition) is 1. The number of hydrazone groups is 1. The number of pyridine rings is 1. The molecule has 0 amide bonds. The summed E-state index contributed by atoms with van der Waals surface area (Å²) in [5, 5.41) is 15.5. The van der Waals surface area contributed by atoms with Crippen LogP contribution in [0.15, 0.2) is 52.6 Å². The van der Waals surface area contributed by atoms with Gasteiger partial charge in [-0.25, -0.2) is 8.42 Å². The van der Waals surface area contributed by atoms with Gasteiger partial charge in [-0.1, -0.05) is 19.9 Å². The Labute approximate surface area is 157 Å². The third-order valence-electron chi connectivity index (χ3n) is 3.89. The van der Waals surface area contributed by atoms with Crippen molar-refractivity contribution in [1.29, 1.82) is 0 Å². The third-order valence-corrected chi connectivity index (χ3v) is 5.93. The Morgan fingerprint density at radius 1 is 1.26 bits per heavy atom. The van der Waals surface area contributed by atoms with Crippen LogP contribution in [0.1, 0.15) is 26.5 Å². The number of nitrogens with one attached hydrogen (secondary N) is 1. The number of hydrogen-bond acceptors (Lipinski definition) is 7. The summed E-state index contributed by atoms with van der Waals surface area (Å²) in [7, 11) is -3.79. The van der Waals surface area contributed by atoms with Crippen molar-refractivity contribution >= 4 is 27.1 Å². The van der Waals surface area contributed by atoms with E-state index in [2.05, 4.69) is 15.5 Å². The van der Waals surface area contributed by atoms with Crippen molar-refractivity contribution in [3.05, 3.63) is 58.4 Å². The van der Waals surface area contributed by atoms with Gasteiger partial charge in [0.25, 0.3) is 5.69 Å². The highest BCUT2D eigenvalue weighted by Crippen LogP contribution is 2.29. The average Bonchev–Trinajstić information content (AvgIpc) is 2.67. The van der Waals surface area contributed by atoms with Crippen LogP contribution in [-0.4, -0.2) is 41.4 Å². The highest BCUT2D eigenvalue weighted by Gasteiger charge is 2.25. The van der Waals surface area contributed by atoms with E-state index in [9.17, 15) is 18.5 Å². The lowest BCUT2D eigenvalue weighted by atomic mass is 10.2. The summed E-state index contributed by atoms with van der Waals surface area (Å²) in [5.74, 6) is 0. The maximum Gasteiger partial charge on any atom is 0.295 e. The van der Waals surface area contributed by atoms with Gasteiger partial charge in [0.2, 0.25) is 10.0 Å². The lowest BCUT2D eigenvalue weighted by Crippen LogP contribution is -2.30. The number of aromatic nitrogens is 1. The molecule has 0 spiro atoms. The molecule has 1 N–H and O–H groups in total. The second-order valence-electron chi connectivity index (χ2n) is 5.55. The molecule has 9 nitrogen and oxygen atoms in total. The summed E-state index contributed by atoms with van der Waals surface area (Å²) in [6, 6.07) is 9.04. The number of nitrogens with zero attached hydrogens (tertiary/aromatic N) is 4. The second kappa shape index (κ2) is 8.69. The molecule has 0 aliphatic carbocycles. The topological polar surface area (TPSA) is 118 Å². The molecule has 10 heteroatoms. The molecule has 0 saturated heterocycles. The fourth-order valence-corrected chi connectivity index (χ4v) is 3.89. The van der Waals surface area contributed by atoms with Gasteiger partial charge in [0.1, 0.15) is 5.69 Å². The Morgan fingerprint density at radius 3 is 2.52 bits per heavy atom. The van der Waals surface area contributed by atoms with Crippen LogP contribution in [0.2, 0.25) is 0 Å². The molecular formula is C17H21N5O4S. The molecule has 27 heavy (non-hydrogen) atoms. The van der Waals surface area contributed by atoms with Crippen molar-refractivity contribution in [2.45, 2.75) is 25.7 Å². The van der Waals surface area contributed by atoms with Gasteiger partial charge in [-0.2, -0.15) is 9.41 Å². The van der Waals surface area contributed by atoms with E-state index in [1.54, 1.807) is 45.2 Å². The van der Waals surface area contributed by atoms with Crippen molar-refractivity contribution in [1.82, 2.24) is 9.29 Å². The van der Waals surface area contributed by atoms with Gasteiger partial charge in [0, 0.05) is 25.4 Å². The Bertz CT molecular complexity index is 941. The molecule has 0 fully saturated rings. The van der Waals surface area contributed by atoms with Crippen LogP contribution in [0.4, 0.5) is 11.4 Å². The molecule has 144 valence electrons. The van der Waals surface area contributed by atoms with Gasteiger partial charge in [-0.15, -0.1) is 0 Å². The summed E-state index contributed by atoms with van der Waals surface area (Å²) < 4.78 is 26.4. The van der Waals surface area contributed by atoms with E-state index < -0.39 is 14.9 Å². The molecule has 0 atom stereocenters. The van der Waals surface area contributed by atoms with E-state index >= 15 is 0 Å². The zero-order valence-electron chi connectivity index (χ0n) is 15.3. The summed E-state index contributed by atoms with van der Waals surface area (Å²) in [6.07, 6.45) is 1.61. The molecule has 1 aromatic heterocycles. The lowest BCUT2D eigenvalue weighted by molar-refractivity contribution is -0.384. The number of nitro benzene ring substituents is 1. The predicted octanol–water partition coefficient (Wildman–Crippen LogP) is 2.86. The first-order chi connectivity index (χ1) is 12.8. The van der Waals surface area contributed by atoms with Crippen LogP contribution in [0.5, 0.6) is 0 Å². The molecule has 1 heterocycles. The summed E-state index contributed by atoms with van der Waals surface area (Å²) in [6.45, 7) is 5.68. The van der Waals surface area contributed by atoms with Crippen LogP contribution < -0.4 is 5.43 Å². The highest BCUT2D eigenvalue weighted by molar-refractivity contribution is 7.89. The summed E-state index contributed by atoms with van der Waals surface area (Å²) >= 11 is 0. The van der Waals surface area contributed by atoms with E-state index in [0.717, 1.165) is 6.07 Å². The van der Waals surface area contributed by atoms with Crippen LogP contribution in [0.3, 0.4) is 0 Å². The Kier molecular flexibility index (Phi) is 6.59. The van der Waals surface area contributed by atoms with Crippen molar-refractivity contribution in [3.8, 4) is 0 Å². The zero-order valence-corrected chi connectivity index (χ0v) is 16.1. The van der Waals surface area contributed by atoms with Crippen molar-refractivity contribution < 1.29 is 13.3 Å². The molecule has 0 aliphatic rings. The molecule has 2 rings (SSSR count). The van der Waals surface area contributed by atoms with Gasteiger partial charge in [0.05, 0.1) is 21.2 Å². The molecule has 0 radical (unpaired) electrons. The first kappa shape index (κ1) is 20.5. The minimum absolute atomic E-state index is 0.0915. The third kappa shape index (κ3) is 4.66. The minimum Gasteiger partial charge on any atom is -0.271 e. The Balaban J connectivity index is 2.38. The number of rotatable bonds is 8. The molecule has 1 aromatic carbocycles. The minimum atomic E-state index is -3.79. The van der Waals surface area contributed by atoms with E-state index in [0.29, 0.717) is 11.4 Å². The first-order valence-electron chi connectivity index (χ1n) is 8.31. The molecular weight excluding hydrogens is 370 g/mol. The Hall–Kier alpha value is -2.85. The fraction of sp³-hybridized carbons (Fsp3) is 0.294. The van der Waals surface area contributed by atoms with Crippen LogP contribution in [0.25, 0.3) is 0 Å². The van der Waals surface area contributed by atoms with E-state index in [4.69, 9.17) is 0 Å². The number of sulfonamides is 1. The van der Waals surface area contributed by atoms with Gasteiger partial charge in [-0.05, 0) is 31.2 Å². The van der Waals surface area contributed by atoms with Gasteiger partial charge >= 0.3 is 0 Å². The van der Waals surface area contributed by atoms with E-state index in [1.165, 1.54) is 16.4 Å². The normalized spacial score (nSPS) is 12.2. The molecule has 2 aromatic rings. The van der Waals surface area contributed by atoms with Gasteiger partial charge in [0.15, 0.2) is 0 Å². The predicted molar refractivity (Wildman–Crippen MR) is 103 cm³/mol. The highest BCUT2D eigenvalue weighted by atomic mass is 32.2. The van der Waals surface area contributed by atoms with Crippen LogP contribution in [0, 0.1) is 10.1 Å². The van der Waals surface area contributed by atoms with Crippen LogP contribution >= 0.6 is 0 Å². The number of anilines is 1. The quantitative estimate of drug-likeness (QED) is 0.420. The van der Waals surface area contributed by atoms with Crippen LogP contribution in [-0.2, 0) is 10.0 Å². The van der Waals surface area contributed by atoms with Crippen molar-refractivity contribution in [2.24, 2.45) is 5.10 Å². The Morgan fingerprint density at radius 2 is 1.96 bits per heavy atom. The number of benzene rings is 1. The largest absolute Gasteiger partial charge is 0.295 e. The average molecular weight is 391 g/mol. The first-order valence-corrected chi connectivity index (χ1v) is 9.75. The second-order valence-corrected chi connectivity index (χ2v) is 7.49. The molecule has 0 bridgehead atoms. The SMILES string of the molecule is CCN(CC)S(=O)(=O)c1ccc(N/N=C(/C)c2ccccn2)c([N+](=O)[O-])c1. The molecule has 0 unspecified atom stereocenters.